The lowest BCUT2D eigenvalue weighted by atomic mass is 10.4. The Morgan fingerprint density at radius 2 is 2.05 bits per heavy atom. The highest BCUT2D eigenvalue weighted by atomic mass is 32.2. The molecule has 2 rings (SSSR count). The molecular weight excluding hydrogens is 292 g/mol. The molecule has 6 heteroatoms. The molecule has 0 unspecified atom stereocenters. The molecular formula is C14H20N2O2S2. The monoisotopic (exact) mass is 312 g/mol. The maximum Gasteiger partial charge on any atom is 0.214 e. The van der Waals surface area contributed by atoms with Crippen LogP contribution in [-0.2, 0) is 30.2 Å². The zero-order valence-electron chi connectivity index (χ0n) is 11.8. The first kappa shape index (κ1) is 15.3. The van der Waals surface area contributed by atoms with Crippen molar-refractivity contribution in [2.24, 2.45) is 7.05 Å². The largest absolute Gasteiger partial charge is 0.353 e. The predicted molar refractivity (Wildman–Crippen MR) is 83.1 cm³/mol. The van der Waals surface area contributed by atoms with E-state index in [0.717, 1.165) is 10.6 Å². The van der Waals surface area contributed by atoms with Gasteiger partial charge in [-0.1, -0.05) is 13.0 Å². The van der Waals surface area contributed by atoms with Gasteiger partial charge in [-0.2, -0.15) is 4.31 Å². The summed E-state index contributed by atoms with van der Waals surface area (Å²) < 4.78 is 28.4. The molecule has 4 nitrogen and oxygen atoms in total. The summed E-state index contributed by atoms with van der Waals surface area (Å²) >= 11 is 1.59. The zero-order valence-corrected chi connectivity index (χ0v) is 13.5. The molecule has 0 aliphatic carbocycles. The minimum atomic E-state index is -3.21. The summed E-state index contributed by atoms with van der Waals surface area (Å²) in [6.45, 7) is 2.76. The number of thiophene rings is 1. The van der Waals surface area contributed by atoms with Crippen LogP contribution in [0.4, 0.5) is 0 Å². The van der Waals surface area contributed by atoms with Crippen molar-refractivity contribution in [2.45, 2.75) is 26.4 Å². The first-order valence-corrected chi connectivity index (χ1v) is 9.12. The van der Waals surface area contributed by atoms with Crippen molar-refractivity contribution in [1.29, 1.82) is 0 Å². The highest BCUT2D eigenvalue weighted by Gasteiger charge is 2.22. The van der Waals surface area contributed by atoms with Gasteiger partial charge < -0.3 is 4.57 Å². The van der Waals surface area contributed by atoms with Crippen molar-refractivity contribution in [3.05, 3.63) is 46.4 Å². The molecule has 0 N–H and O–H groups in total. The molecule has 20 heavy (non-hydrogen) atoms. The molecule has 0 amide bonds. The second kappa shape index (κ2) is 6.56. The molecule has 0 atom stereocenters. The molecule has 0 aliphatic rings. The van der Waals surface area contributed by atoms with Crippen molar-refractivity contribution in [3.63, 3.8) is 0 Å². The first-order valence-electron chi connectivity index (χ1n) is 6.63. The van der Waals surface area contributed by atoms with Gasteiger partial charge in [0.25, 0.3) is 0 Å². The van der Waals surface area contributed by atoms with Crippen molar-refractivity contribution >= 4 is 21.4 Å². The van der Waals surface area contributed by atoms with Crippen LogP contribution >= 0.6 is 11.3 Å². The lowest BCUT2D eigenvalue weighted by molar-refractivity contribution is 0.395. The van der Waals surface area contributed by atoms with Crippen LogP contribution in [0.15, 0.2) is 35.8 Å². The topological polar surface area (TPSA) is 42.3 Å². The van der Waals surface area contributed by atoms with Crippen LogP contribution in [0.1, 0.15) is 23.9 Å². The molecule has 2 heterocycles. The van der Waals surface area contributed by atoms with E-state index in [0.29, 0.717) is 19.5 Å². The first-order chi connectivity index (χ1) is 9.53. The molecule has 0 fully saturated rings. The van der Waals surface area contributed by atoms with Gasteiger partial charge in [-0.3, -0.25) is 0 Å². The van der Waals surface area contributed by atoms with Crippen LogP contribution in [0.2, 0.25) is 0 Å². The van der Waals surface area contributed by atoms with Crippen molar-refractivity contribution < 1.29 is 8.42 Å². The normalized spacial score (nSPS) is 12.2. The van der Waals surface area contributed by atoms with E-state index < -0.39 is 10.0 Å². The minimum Gasteiger partial charge on any atom is -0.353 e. The summed E-state index contributed by atoms with van der Waals surface area (Å²) in [5.41, 5.74) is 1.00. The van der Waals surface area contributed by atoms with E-state index in [1.54, 1.807) is 15.6 Å². The van der Waals surface area contributed by atoms with Crippen molar-refractivity contribution in [1.82, 2.24) is 8.87 Å². The van der Waals surface area contributed by atoms with E-state index in [2.05, 4.69) is 0 Å². The summed E-state index contributed by atoms with van der Waals surface area (Å²) in [4.78, 5) is 1.07. The fourth-order valence-corrected chi connectivity index (χ4v) is 4.30. The SMILES string of the molecule is CCCS(=O)(=O)N(Cc1cccs1)Cc1cccn1C. The fraction of sp³-hybridized carbons (Fsp3) is 0.429. The Labute approximate surface area is 124 Å². The number of aryl methyl sites for hydroxylation is 1. The standard InChI is InChI=1S/C14H20N2O2S2/c1-3-10-20(17,18)16(12-14-7-5-9-19-14)11-13-6-4-8-15(13)2/h4-9H,3,10-12H2,1-2H3. The maximum absolute atomic E-state index is 12.4. The van der Waals surface area contributed by atoms with E-state index in [4.69, 9.17) is 0 Å². The Kier molecular flexibility index (Phi) is 5.01. The van der Waals surface area contributed by atoms with Crippen LogP contribution in [-0.4, -0.2) is 23.0 Å². The number of aromatic nitrogens is 1. The van der Waals surface area contributed by atoms with Gasteiger partial charge in [-0.05, 0) is 30.0 Å². The molecule has 0 saturated carbocycles. The number of hydrogen-bond acceptors (Lipinski definition) is 3. The number of nitrogens with zero attached hydrogens (tertiary/aromatic N) is 2. The number of rotatable bonds is 7. The Balaban J connectivity index is 2.22. The smallest absolute Gasteiger partial charge is 0.214 e. The summed E-state index contributed by atoms with van der Waals surface area (Å²) in [6, 6.07) is 7.82. The Hall–Kier alpha value is -1.11. The second-order valence-electron chi connectivity index (χ2n) is 4.77. The number of sulfonamides is 1. The van der Waals surface area contributed by atoms with E-state index >= 15 is 0 Å². The van der Waals surface area contributed by atoms with Gasteiger partial charge in [0.2, 0.25) is 10.0 Å². The maximum atomic E-state index is 12.4. The Morgan fingerprint density at radius 1 is 1.25 bits per heavy atom. The van der Waals surface area contributed by atoms with E-state index in [1.807, 2.05) is 54.4 Å². The predicted octanol–water partition coefficient (Wildman–Crippen LogP) is 2.83. The van der Waals surface area contributed by atoms with Gasteiger partial charge in [0.15, 0.2) is 0 Å². The van der Waals surface area contributed by atoms with Gasteiger partial charge in [0.05, 0.1) is 12.3 Å². The molecule has 0 aromatic carbocycles. The van der Waals surface area contributed by atoms with Gasteiger partial charge in [-0.25, -0.2) is 8.42 Å². The van der Waals surface area contributed by atoms with Crippen LogP contribution in [0.3, 0.4) is 0 Å². The molecule has 2 aromatic rings. The lowest BCUT2D eigenvalue weighted by Gasteiger charge is -2.21. The Bertz CT molecular complexity index is 630. The van der Waals surface area contributed by atoms with Gasteiger partial charge in [0, 0.05) is 30.4 Å². The molecule has 0 saturated heterocycles. The number of hydrogen-bond donors (Lipinski definition) is 0. The molecule has 0 spiro atoms. The summed E-state index contributed by atoms with van der Waals surface area (Å²) in [7, 11) is -1.28. The second-order valence-corrected chi connectivity index (χ2v) is 7.89. The van der Waals surface area contributed by atoms with Gasteiger partial charge >= 0.3 is 0 Å². The van der Waals surface area contributed by atoms with E-state index in [-0.39, 0.29) is 5.75 Å². The van der Waals surface area contributed by atoms with E-state index in [9.17, 15) is 8.42 Å². The van der Waals surface area contributed by atoms with E-state index in [1.165, 1.54) is 0 Å². The van der Waals surface area contributed by atoms with Crippen LogP contribution in [0.5, 0.6) is 0 Å². The highest BCUT2D eigenvalue weighted by Crippen LogP contribution is 2.18. The molecule has 0 aliphatic heterocycles. The average Bonchev–Trinajstić information content (AvgIpc) is 3.01. The van der Waals surface area contributed by atoms with Crippen LogP contribution in [0, 0.1) is 0 Å². The van der Waals surface area contributed by atoms with Gasteiger partial charge in [-0.15, -0.1) is 11.3 Å². The summed E-state index contributed by atoms with van der Waals surface area (Å²) in [5, 5.41) is 1.97. The van der Waals surface area contributed by atoms with Crippen molar-refractivity contribution in [3.8, 4) is 0 Å². The summed E-state index contributed by atoms with van der Waals surface area (Å²) in [5.74, 6) is 0.197. The molecule has 0 radical (unpaired) electrons. The molecule has 2 aromatic heterocycles. The van der Waals surface area contributed by atoms with Crippen LogP contribution in [0.25, 0.3) is 0 Å². The molecule has 0 bridgehead atoms. The molecule has 110 valence electrons. The third-order valence-electron chi connectivity index (χ3n) is 3.16. The van der Waals surface area contributed by atoms with Crippen LogP contribution < -0.4 is 0 Å². The fourth-order valence-electron chi connectivity index (χ4n) is 2.06. The third kappa shape index (κ3) is 3.71. The zero-order chi connectivity index (χ0) is 14.6. The summed E-state index contributed by atoms with van der Waals surface area (Å²) in [6.07, 6.45) is 2.57. The lowest BCUT2D eigenvalue weighted by Crippen LogP contribution is -2.32. The Morgan fingerprint density at radius 3 is 2.60 bits per heavy atom. The quantitative estimate of drug-likeness (QED) is 0.789. The van der Waals surface area contributed by atoms with Crippen molar-refractivity contribution in [2.75, 3.05) is 5.75 Å². The third-order valence-corrected chi connectivity index (χ3v) is 5.99. The average molecular weight is 312 g/mol. The minimum absolute atomic E-state index is 0.197. The van der Waals surface area contributed by atoms with Gasteiger partial charge in [0.1, 0.15) is 0 Å². The highest BCUT2D eigenvalue weighted by molar-refractivity contribution is 7.89.